The summed E-state index contributed by atoms with van der Waals surface area (Å²) in [6.45, 7) is 2.33. The van der Waals surface area contributed by atoms with E-state index < -0.39 is 11.7 Å². The van der Waals surface area contributed by atoms with Crippen LogP contribution in [0, 0.1) is 28.6 Å². The molecule has 1 amide bonds. The molecule has 1 aliphatic heterocycles. The van der Waals surface area contributed by atoms with Crippen molar-refractivity contribution in [1.82, 2.24) is 15.2 Å². The van der Waals surface area contributed by atoms with E-state index in [1.807, 2.05) is 6.92 Å². The number of rotatable bonds is 4. The quantitative estimate of drug-likeness (QED) is 0.820. The number of nitrogens with zero attached hydrogens (tertiary/aromatic N) is 4. The van der Waals surface area contributed by atoms with Gasteiger partial charge in [0, 0.05) is 24.7 Å². The molecule has 0 aliphatic carbocycles. The zero-order valence-corrected chi connectivity index (χ0v) is 14.7. The van der Waals surface area contributed by atoms with E-state index in [2.05, 4.69) is 16.5 Å². The number of ether oxygens (including phenoxy) is 1. The van der Waals surface area contributed by atoms with E-state index in [4.69, 9.17) is 19.7 Å². The van der Waals surface area contributed by atoms with Crippen LogP contribution in [-0.2, 0) is 0 Å². The van der Waals surface area contributed by atoms with Gasteiger partial charge in [0.15, 0.2) is 12.0 Å². The van der Waals surface area contributed by atoms with Crippen LogP contribution in [0.4, 0.5) is 4.39 Å². The van der Waals surface area contributed by atoms with Gasteiger partial charge in [-0.1, -0.05) is 0 Å². The van der Waals surface area contributed by atoms with Gasteiger partial charge in [-0.2, -0.15) is 10.5 Å². The number of benzene rings is 1. The lowest BCUT2D eigenvalue weighted by Gasteiger charge is -2.11. The van der Waals surface area contributed by atoms with Crippen molar-refractivity contribution in [3.8, 4) is 29.3 Å². The Morgan fingerprint density at radius 3 is 2.89 bits per heavy atom. The average Bonchev–Trinajstić information content (AvgIpc) is 3.28. The normalized spacial score (nSPS) is 18.6. The highest BCUT2D eigenvalue weighted by atomic mass is 19.1. The van der Waals surface area contributed by atoms with Gasteiger partial charge in [0.05, 0.1) is 24.4 Å². The molecule has 0 bridgehead atoms. The van der Waals surface area contributed by atoms with Gasteiger partial charge in [0.1, 0.15) is 17.6 Å². The van der Waals surface area contributed by atoms with Gasteiger partial charge in [-0.15, -0.1) is 0 Å². The fourth-order valence-corrected chi connectivity index (χ4v) is 3.03. The Kier molecular flexibility index (Phi) is 4.95. The first kappa shape index (κ1) is 18.2. The smallest absolute Gasteiger partial charge is 0.307 e. The molecule has 3 rings (SSSR count). The van der Waals surface area contributed by atoms with E-state index in [-0.39, 0.29) is 35.0 Å². The van der Waals surface area contributed by atoms with E-state index in [1.54, 1.807) is 11.0 Å². The first-order valence-corrected chi connectivity index (χ1v) is 8.17. The molecule has 1 aromatic heterocycles. The van der Waals surface area contributed by atoms with Gasteiger partial charge < -0.3 is 19.4 Å². The molecule has 1 saturated heterocycles. The average molecular weight is 369 g/mol. The van der Waals surface area contributed by atoms with E-state index in [0.717, 1.165) is 6.07 Å². The Morgan fingerprint density at radius 2 is 2.26 bits per heavy atom. The van der Waals surface area contributed by atoms with Crippen LogP contribution in [-0.4, -0.2) is 41.5 Å². The maximum atomic E-state index is 13.7. The summed E-state index contributed by atoms with van der Waals surface area (Å²) in [7, 11) is 1.36. The second kappa shape index (κ2) is 7.34. The van der Waals surface area contributed by atoms with Crippen LogP contribution in [0.5, 0.6) is 5.75 Å². The predicted octanol–water partition coefficient (Wildman–Crippen LogP) is 2.03. The van der Waals surface area contributed by atoms with Gasteiger partial charge in [-0.25, -0.2) is 9.37 Å². The molecular weight excluding hydrogens is 353 g/mol. The molecule has 1 aliphatic rings. The molecule has 27 heavy (non-hydrogen) atoms. The number of methoxy groups -OCH3 is 1. The molecular formula is C18H16FN5O3. The van der Waals surface area contributed by atoms with E-state index in [1.165, 1.54) is 19.4 Å². The van der Waals surface area contributed by atoms with Crippen LogP contribution < -0.4 is 10.1 Å². The Labute approximate surface area is 154 Å². The molecule has 0 radical (unpaired) electrons. The molecule has 1 aromatic carbocycles. The molecule has 9 heteroatoms. The zero-order valence-electron chi connectivity index (χ0n) is 14.7. The van der Waals surface area contributed by atoms with Crippen LogP contribution in [0.1, 0.15) is 29.6 Å². The second-order valence-electron chi connectivity index (χ2n) is 6.18. The third kappa shape index (κ3) is 3.53. The molecule has 8 nitrogen and oxygen atoms in total. The van der Waals surface area contributed by atoms with Crippen molar-refractivity contribution >= 4 is 5.91 Å². The van der Waals surface area contributed by atoms with E-state index in [0.29, 0.717) is 18.5 Å². The van der Waals surface area contributed by atoms with Crippen LogP contribution in [0.2, 0.25) is 0 Å². The fraction of sp³-hybridized carbons (Fsp3) is 0.333. The zero-order chi connectivity index (χ0) is 19.6. The molecule has 138 valence electrons. The number of hydrogen-bond acceptors (Lipinski definition) is 7. The molecule has 0 unspecified atom stereocenters. The molecule has 0 spiro atoms. The SMILES string of the molecule is COc1cc(F)c(C#N)cc1-c1cnc(C(=O)N[C@@H]2C[C@H](C)N(C#N)C2)o1. The topological polar surface area (TPSA) is 115 Å². The molecule has 2 atom stereocenters. The highest BCUT2D eigenvalue weighted by molar-refractivity contribution is 5.90. The monoisotopic (exact) mass is 369 g/mol. The third-order valence-corrected chi connectivity index (χ3v) is 4.41. The summed E-state index contributed by atoms with van der Waals surface area (Å²) in [5, 5.41) is 20.8. The molecule has 1 fully saturated rings. The van der Waals surface area contributed by atoms with Crippen molar-refractivity contribution in [3.05, 3.63) is 35.6 Å². The first-order chi connectivity index (χ1) is 13.0. The van der Waals surface area contributed by atoms with Crippen molar-refractivity contribution in [1.29, 1.82) is 10.5 Å². The number of carbonyl (C=O) groups excluding carboxylic acids is 1. The van der Waals surface area contributed by atoms with Crippen molar-refractivity contribution in [2.75, 3.05) is 13.7 Å². The van der Waals surface area contributed by atoms with Gasteiger partial charge in [-0.05, 0) is 19.4 Å². The lowest BCUT2D eigenvalue weighted by Crippen LogP contribution is -2.36. The fourth-order valence-electron chi connectivity index (χ4n) is 3.03. The summed E-state index contributed by atoms with van der Waals surface area (Å²) >= 11 is 0. The maximum Gasteiger partial charge on any atom is 0.307 e. The van der Waals surface area contributed by atoms with Crippen molar-refractivity contribution in [2.45, 2.75) is 25.4 Å². The summed E-state index contributed by atoms with van der Waals surface area (Å²) in [5.41, 5.74) is 0.136. The highest BCUT2D eigenvalue weighted by Gasteiger charge is 2.30. The Balaban J connectivity index is 1.80. The van der Waals surface area contributed by atoms with Crippen LogP contribution in [0.3, 0.4) is 0 Å². The van der Waals surface area contributed by atoms with Gasteiger partial charge >= 0.3 is 5.91 Å². The maximum absolute atomic E-state index is 13.7. The number of halogens is 1. The Hall–Kier alpha value is -3.59. The standard InChI is InChI=1S/C18H16FN5O3/c1-10-3-12(8-24(10)9-21)23-17(25)18-22-7-16(27-18)13-4-11(6-20)14(19)5-15(13)26-2/h4-5,7,10,12H,3,8H2,1-2H3,(H,23,25)/t10-,12+/m0/s1. The number of hydrogen-bond donors (Lipinski definition) is 1. The van der Waals surface area contributed by atoms with E-state index >= 15 is 0 Å². The minimum Gasteiger partial charge on any atom is -0.496 e. The second-order valence-corrected chi connectivity index (χ2v) is 6.18. The third-order valence-electron chi connectivity index (χ3n) is 4.41. The summed E-state index contributed by atoms with van der Waals surface area (Å²) in [6.07, 6.45) is 4.04. The van der Waals surface area contributed by atoms with Gasteiger partial charge in [0.25, 0.3) is 5.89 Å². The van der Waals surface area contributed by atoms with Crippen molar-refractivity contribution < 1.29 is 18.3 Å². The molecule has 2 aromatic rings. The van der Waals surface area contributed by atoms with Crippen LogP contribution in [0.25, 0.3) is 11.3 Å². The minimum absolute atomic E-state index is 0.0494. The number of likely N-dealkylation sites (tertiary alicyclic amines) is 1. The van der Waals surface area contributed by atoms with Crippen LogP contribution in [0.15, 0.2) is 22.7 Å². The molecule has 0 saturated carbocycles. The van der Waals surface area contributed by atoms with Crippen LogP contribution >= 0.6 is 0 Å². The van der Waals surface area contributed by atoms with Crippen molar-refractivity contribution in [2.24, 2.45) is 0 Å². The number of nitrogens with one attached hydrogen (secondary N) is 1. The number of oxazole rings is 1. The molecule has 2 heterocycles. The largest absolute Gasteiger partial charge is 0.496 e. The Bertz CT molecular complexity index is 959. The lowest BCUT2D eigenvalue weighted by atomic mass is 10.1. The highest BCUT2D eigenvalue weighted by Crippen LogP contribution is 2.32. The summed E-state index contributed by atoms with van der Waals surface area (Å²) in [6, 6.07) is 3.96. The van der Waals surface area contributed by atoms with E-state index in [9.17, 15) is 9.18 Å². The number of carbonyl (C=O) groups is 1. The Morgan fingerprint density at radius 1 is 1.48 bits per heavy atom. The summed E-state index contributed by atoms with van der Waals surface area (Å²) in [4.78, 5) is 17.9. The van der Waals surface area contributed by atoms with Crippen molar-refractivity contribution in [3.63, 3.8) is 0 Å². The summed E-state index contributed by atoms with van der Waals surface area (Å²) < 4.78 is 24.4. The minimum atomic E-state index is -0.715. The summed E-state index contributed by atoms with van der Waals surface area (Å²) in [5.74, 6) is -1.07. The molecule has 1 N–H and O–H groups in total. The number of amides is 1. The number of nitriles is 2. The lowest BCUT2D eigenvalue weighted by molar-refractivity contribution is 0.0904. The van der Waals surface area contributed by atoms with Gasteiger partial charge in [0.2, 0.25) is 0 Å². The van der Waals surface area contributed by atoms with Gasteiger partial charge in [-0.3, -0.25) is 4.79 Å². The predicted molar refractivity (Wildman–Crippen MR) is 90.8 cm³/mol. The number of aromatic nitrogens is 1. The first-order valence-electron chi connectivity index (χ1n) is 8.17.